The number of aryl methyl sites for hydroxylation is 1. The Morgan fingerprint density at radius 1 is 1.53 bits per heavy atom. The molecule has 0 saturated heterocycles. The molecule has 0 amide bonds. The smallest absolute Gasteiger partial charge is 0.111 e. The van der Waals surface area contributed by atoms with Crippen molar-refractivity contribution in [1.29, 1.82) is 0 Å². The maximum Gasteiger partial charge on any atom is 0.111 e. The minimum absolute atomic E-state index is 0.163. The van der Waals surface area contributed by atoms with E-state index in [1.165, 1.54) is 5.56 Å². The van der Waals surface area contributed by atoms with E-state index >= 15 is 0 Å². The van der Waals surface area contributed by atoms with E-state index in [-0.39, 0.29) is 6.04 Å². The number of aromatic nitrogens is 2. The quantitative estimate of drug-likeness (QED) is 0.907. The summed E-state index contributed by atoms with van der Waals surface area (Å²) in [5.41, 5.74) is 8.07. The molecule has 1 heterocycles. The summed E-state index contributed by atoms with van der Waals surface area (Å²) >= 11 is 3.52. The van der Waals surface area contributed by atoms with E-state index in [1.807, 2.05) is 24.7 Å². The Morgan fingerprint density at radius 2 is 2.27 bits per heavy atom. The van der Waals surface area contributed by atoms with Gasteiger partial charge in [0, 0.05) is 18.5 Å². The van der Waals surface area contributed by atoms with Crippen molar-refractivity contribution < 1.29 is 0 Å². The lowest BCUT2D eigenvalue weighted by atomic mass is 10.1. The molecule has 1 aromatic heterocycles. The minimum atomic E-state index is 0.163. The van der Waals surface area contributed by atoms with Gasteiger partial charge in [-0.1, -0.05) is 18.2 Å². The van der Waals surface area contributed by atoms with Crippen molar-refractivity contribution in [3.05, 3.63) is 28.4 Å². The standard InChI is InChI=1S/C11H14BrN3/c1-7(13)6-8-4-3-5-9-10(8)14-15(2)11(9)12/h3-5,7H,6,13H2,1-2H3. The number of hydrogen-bond acceptors (Lipinski definition) is 2. The Balaban J connectivity index is 2.61. The number of benzene rings is 1. The molecule has 0 aliphatic carbocycles. The zero-order valence-electron chi connectivity index (χ0n) is 8.87. The third kappa shape index (κ3) is 1.92. The van der Waals surface area contributed by atoms with Gasteiger partial charge >= 0.3 is 0 Å². The summed E-state index contributed by atoms with van der Waals surface area (Å²) in [7, 11) is 1.93. The zero-order chi connectivity index (χ0) is 11.0. The van der Waals surface area contributed by atoms with Crippen LogP contribution in [0.1, 0.15) is 12.5 Å². The van der Waals surface area contributed by atoms with Crippen molar-refractivity contribution >= 4 is 26.8 Å². The molecule has 0 aliphatic rings. The number of hydrogen-bond donors (Lipinski definition) is 1. The predicted octanol–water partition coefficient (Wildman–Crippen LogP) is 2.23. The van der Waals surface area contributed by atoms with Gasteiger partial charge in [0.1, 0.15) is 4.60 Å². The Hall–Kier alpha value is -0.870. The molecule has 2 N–H and O–H groups in total. The average Bonchev–Trinajstić information content (AvgIpc) is 2.45. The fourth-order valence-corrected chi connectivity index (χ4v) is 2.15. The van der Waals surface area contributed by atoms with Crippen LogP contribution in [0.25, 0.3) is 10.9 Å². The van der Waals surface area contributed by atoms with Gasteiger partial charge in [-0.2, -0.15) is 5.10 Å². The average molecular weight is 268 g/mol. The van der Waals surface area contributed by atoms with Gasteiger partial charge in [0.05, 0.1) is 5.52 Å². The monoisotopic (exact) mass is 267 g/mol. The Kier molecular flexibility index (Phi) is 2.80. The van der Waals surface area contributed by atoms with E-state index in [0.717, 1.165) is 21.9 Å². The van der Waals surface area contributed by atoms with Crippen LogP contribution in [0.5, 0.6) is 0 Å². The molecular weight excluding hydrogens is 254 g/mol. The van der Waals surface area contributed by atoms with Crippen LogP contribution in [-0.2, 0) is 13.5 Å². The lowest BCUT2D eigenvalue weighted by molar-refractivity contribution is 0.732. The lowest BCUT2D eigenvalue weighted by Gasteiger charge is -2.05. The summed E-state index contributed by atoms with van der Waals surface area (Å²) in [6.07, 6.45) is 0.862. The van der Waals surface area contributed by atoms with Crippen molar-refractivity contribution in [3.63, 3.8) is 0 Å². The maximum absolute atomic E-state index is 5.81. The SMILES string of the molecule is CC(N)Cc1cccc2c(Br)n(C)nc12. The van der Waals surface area contributed by atoms with Crippen LogP contribution in [0.4, 0.5) is 0 Å². The summed E-state index contributed by atoms with van der Waals surface area (Å²) < 4.78 is 2.86. The summed E-state index contributed by atoms with van der Waals surface area (Å²) in [6.45, 7) is 2.01. The van der Waals surface area contributed by atoms with Crippen LogP contribution >= 0.6 is 15.9 Å². The molecule has 0 radical (unpaired) electrons. The summed E-state index contributed by atoms with van der Waals surface area (Å²) in [5.74, 6) is 0. The fraction of sp³-hybridized carbons (Fsp3) is 0.364. The molecule has 0 bridgehead atoms. The number of rotatable bonds is 2. The summed E-state index contributed by atoms with van der Waals surface area (Å²) in [6, 6.07) is 6.37. The first kappa shape index (κ1) is 10.6. The van der Waals surface area contributed by atoms with Crippen molar-refractivity contribution in [2.75, 3.05) is 0 Å². The van der Waals surface area contributed by atoms with E-state index in [4.69, 9.17) is 5.73 Å². The topological polar surface area (TPSA) is 43.8 Å². The molecule has 4 heteroatoms. The third-order valence-electron chi connectivity index (χ3n) is 2.42. The van der Waals surface area contributed by atoms with Crippen LogP contribution in [0.2, 0.25) is 0 Å². The van der Waals surface area contributed by atoms with Gasteiger partial charge in [-0.3, -0.25) is 4.68 Å². The highest BCUT2D eigenvalue weighted by Gasteiger charge is 2.10. The van der Waals surface area contributed by atoms with E-state index in [9.17, 15) is 0 Å². The molecule has 3 nitrogen and oxygen atoms in total. The zero-order valence-corrected chi connectivity index (χ0v) is 10.5. The highest BCUT2D eigenvalue weighted by Crippen LogP contribution is 2.25. The molecule has 1 aromatic carbocycles. The molecule has 0 aliphatic heterocycles. The first-order valence-electron chi connectivity index (χ1n) is 4.95. The van der Waals surface area contributed by atoms with Crippen LogP contribution in [0.15, 0.2) is 22.8 Å². The normalized spacial score (nSPS) is 13.3. The van der Waals surface area contributed by atoms with Gasteiger partial charge in [0.25, 0.3) is 0 Å². The number of fused-ring (bicyclic) bond motifs is 1. The van der Waals surface area contributed by atoms with Gasteiger partial charge in [-0.15, -0.1) is 0 Å². The van der Waals surface area contributed by atoms with Crippen molar-refractivity contribution in [1.82, 2.24) is 9.78 Å². The maximum atomic E-state index is 5.81. The van der Waals surface area contributed by atoms with Crippen molar-refractivity contribution in [3.8, 4) is 0 Å². The van der Waals surface area contributed by atoms with Gasteiger partial charge in [-0.25, -0.2) is 0 Å². The van der Waals surface area contributed by atoms with Gasteiger partial charge in [0.15, 0.2) is 0 Å². The highest BCUT2D eigenvalue weighted by atomic mass is 79.9. The molecule has 1 atom stereocenters. The third-order valence-corrected chi connectivity index (χ3v) is 3.36. The van der Waals surface area contributed by atoms with Crippen LogP contribution in [-0.4, -0.2) is 15.8 Å². The van der Waals surface area contributed by atoms with Crippen LogP contribution in [0, 0.1) is 0 Å². The second-order valence-corrected chi connectivity index (χ2v) is 4.66. The molecule has 2 aromatic rings. The molecule has 0 saturated carbocycles. The molecule has 0 spiro atoms. The number of nitrogens with two attached hydrogens (primary N) is 1. The fourth-order valence-electron chi connectivity index (χ4n) is 1.76. The Morgan fingerprint density at radius 3 is 2.93 bits per heavy atom. The first-order chi connectivity index (χ1) is 7.09. The summed E-state index contributed by atoms with van der Waals surface area (Å²) in [4.78, 5) is 0. The van der Waals surface area contributed by atoms with E-state index < -0.39 is 0 Å². The second kappa shape index (κ2) is 3.94. The largest absolute Gasteiger partial charge is 0.328 e. The van der Waals surface area contributed by atoms with Gasteiger partial charge < -0.3 is 5.73 Å². The molecule has 1 unspecified atom stereocenters. The van der Waals surface area contributed by atoms with Gasteiger partial charge in [-0.05, 0) is 34.8 Å². The van der Waals surface area contributed by atoms with Crippen LogP contribution < -0.4 is 5.73 Å². The van der Waals surface area contributed by atoms with Crippen molar-refractivity contribution in [2.45, 2.75) is 19.4 Å². The number of nitrogens with zero attached hydrogens (tertiary/aromatic N) is 2. The second-order valence-electron chi connectivity index (χ2n) is 3.91. The first-order valence-corrected chi connectivity index (χ1v) is 5.74. The lowest BCUT2D eigenvalue weighted by Crippen LogP contribution is -2.17. The molecule has 80 valence electrons. The van der Waals surface area contributed by atoms with E-state index in [0.29, 0.717) is 0 Å². The predicted molar refractivity (Wildman–Crippen MR) is 65.8 cm³/mol. The summed E-state index contributed by atoms with van der Waals surface area (Å²) in [5, 5.41) is 5.63. The van der Waals surface area contributed by atoms with Gasteiger partial charge in [0.2, 0.25) is 0 Å². The Labute approximate surface area is 97.4 Å². The molecule has 15 heavy (non-hydrogen) atoms. The van der Waals surface area contributed by atoms with Crippen molar-refractivity contribution in [2.24, 2.45) is 12.8 Å². The Bertz CT molecular complexity index is 488. The van der Waals surface area contributed by atoms with E-state index in [1.54, 1.807) is 0 Å². The molecule has 0 fully saturated rings. The minimum Gasteiger partial charge on any atom is -0.328 e. The van der Waals surface area contributed by atoms with Crippen LogP contribution in [0.3, 0.4) is 0 Å². The number of halogens is 1. The highest BCUT2D eigenvalue weighted by molar-refractivity contribution is 9.10. The molecule has 2 rings (SSSR count). The molecular formula is C11H14BrN3. The van der Waals surface area contributed by atoms with E-state index in [2.05, 4.69) is 33.2 Å².